The zero-order valence-corrected chi connectivity index (χ0v) is 11.5. The van der Waals surface area contributed by atoms with Gasteiger partial charge in [0.2, 0.25) is 0 Å². The Morgan fingerprint density at radius 1 is 1.39 bits per heavy atom. The molecule has 3 rings (SSSR count). The highest BCUT2D eigenvalue weighted by Gasteiger charge is 2.63. The van der Waals surface area contributed by atoms with Crippen molar-refractivity contribution in [2.75, 3.05) is 33.4 Å². The molecule has 18 heavy (non-hydrogen) atoms. The van der Waals surface area contributed by atoms with Gasteiger partial charge in [-0.1, -0.05) is 6.42 Å². The van der Waals surface area contributed by atoms with Crippen LogP contribution >= 0.6 is 0 Å². The van der Waals surface area contributed by atoms with Crippen LogP contribution in [0.1, 0.15) is 38.5 Å². The number of unbranched alkanes of at least 4 members (excludes halogenated alkanes) is 3. The molecule has 0 amide bonds. The van der Waals surface area contributed by atoms with Gasteiger partial charge in [0.1, 0.15) is 11.6 Å². The molecule has 2 fully saturated rings. The van der Waals surface area contributed by atoms with E-state index < -0.39 is 0 Å². The number of aliphatic hydroxyl groups is 1. The molecule has 0 aromatic carbocycles. The van der Waals surface area contributed by atoms with Crippen LogP contribution in [0, 0.1) is 0 Å². The first-order chi connectivity index (χ1) is 8.70. The Kier molecular flexibility index (Phi) is 3.25. The summed E-state index contributed by atoms with van der Waals surface area (Å²) in [6.07, 6.45) is 9.79. The van der Waals surface area contributed by atoms with E-state index in [-0.39, 0.29) is 5.60 Å². The maximum absolute atomic E-state index is 8.79. The molecule has 2 aliphatic heterocycles. The van der Waals surface area contributed by atoms with E-state index in [1.807, 2.05) is 0 Å². The van der Waals surface area contributed by atoms with Gasteiger partial charge in [0.25, 0.3) is 0 Å². The molecule has 0 radical (unpaired) electrons. The summed E-state index contributed by atoms with van der Waals surface area (Å²) in [5.41, 5.74) is 1.78. The molecule has 1 aliphatic carbocycles. The largest absolute Gasteiger partial charge is 0.396 e. The monoisotopic (exact) mass is 252 g/mol. The smallest absolute Gasteiger partial charge is 0.137 e. The summed E-state index contributed by atoms with van der Waals surface area (Å²) in [5, 5.41) is 8.79. The zero-order chi connectivity index (χ0) is 12.6. The lowest BCUT2D eigenvalue weighted by molar-refractivity contribution is -0.916. The molecule has 1 spiro atoms. The molecule has 0 bridgehead atoms. The van der Waals surface area contributed by atoms with Gasteiger partial charge in [0, 0.05) is 25.0 Å². The Morgan fingerprint density at radius 2 is 2.17 bits per heavy atom. The minimum absolute atomic E-state index is 0.172. The number of quaternary nitrogens is 1. The number of rotatable bonds is 7. The average Bonchev–Trinajstić information content (AvgIpc) is 3.25. The lowest BCUT2D eigenvalue weighted by Crippen LogP contribution is -2.49. The first kappa shape index (κ1) is 12.6. The maximum atomic E-state index is 8.79. The molecular formula is C15H26NO2+. The Balaban J connectivity index is 1.48. The van der Waals surface area contributed by atoms with Crippen molar-refractivity contribution in [3.8, 4) is 0 Å². The first-order valence-corrected chi connectivity index (χ1v) is 7.52. The highest BCUT2D eigenvalue weighted by atomic mass is 16.6. The molecule has 3 atom stereocenters. The standard InChI is InChI=1S/C15H26NO2/c1-16(8-4-2-3-5-10-17)9-6-7-14(16)13-11-15(13)12-18-15/h11,14,17H,2-10,12H2,1H3/q+1. The van der Waals surface area contributed by atoms with Crippen LogP contribution in [0.2, 0.25) is 0 Å². The lowest BCUT2D eigenvalue weighted by Gasteiger charge is -2.35. The fourth-order valence-electron chi connectivity index (χ4n) is 3.73. The van der Waals surface area contributed by atoms with E-state index in [0.29, 0.717) is 6.61 Å². The second kappa shape index (κ2) is 4.62. The molecule has 3 unspecified atom stereocenters. The van der Waals surface area contributed by atoms with Crippen LogP contribution < -0.4 is 0 Å². The topological polar surface area (TPSA) is 32.8 Å². The van der Waals surface area contributed by atoms with Crippen molar-refractivity contribution < 1.29 is 14.3 Å². The lowest BCUT2D eigenvalue weighted by atomic mass is 10.1. The highest BCUT2D eigenvalue weighted by molar-refractivity contribution is 5.51. The van der Waals surface area contributed by atoms with Gasteiger partial charge in [0.15, 0.2) is 0 Å². The molecule has 2 saturated heterocycles. The van der Waals surface area contributed by atoms with E-state index in [0.717, 1.165) is 19.1 Å². The Morgan fingerprint density at radius 3 is 2.83 bits per heavy atom. The number of aliphatic hydroxyl groups excluding tert-OH is 1. The summed E-state index contributed by atoms with van der Waals surface area (Å²) in [6.45, 7) is 3.93. The summed E-state index contributed by atoms with van der Waals surface area (Å²) < 4.78 is 6.78. The third kappa shape index (κ3) is 2.24. The second-order valence-electron chi connectivity index (χ2n) is 6.50. The van der Waals surface area contributed by atoms with Gasteiger partial charge in [-0.3, -0.25) is 0 Å². The Hall–Kier alpha value is -0.380. The molecule has 1 N–H and O–H groups in total. The number of likely N-dealkylation sites (N-methyl/N-ethyl adjacent to an activating group) is 1. The number of likely N-dealkylation sites (tertiary alicyclic amines) is 1. The summed E-state index contributed by atoms with van der Waals surface area (Å²) in [4.78, 5) is 0. The van der Waals surface area contributed by atoms with Crippen LogP contribution in [0.15, 0.2) is 11.6 Å². The predicted octanol–water partition coefficient (Wildman–Crippen LogP) is 1.86. The van der Waals surface area contributed by atoms with Crippen LogP contribution in [0.25, 0.3) is 0 Å². The maximum Gasteiger partial charge on any atom is 0.137 e. The van der Waals surface area contributed by atoms with Gasteiger partial charge in [-0.25, -0.2) is 0 Å². The number of hydrogen-bond acceptors (Lipinski definition) is 2. The molecule has 3 aliphatic rings. The van der Waals surface area contributed by atoms with Crippen LogP contribution in [-0.2, 0) is 4.74 Å². The normalized spacial score (nSPS) is 41.2. The van der Waals surface area contributed by atoms with Crippen LogP contribution in [0.3, 0.4) is 0 Å². The van der Waals surface area contributed by atoms with Gasteiger partial charge >= 0.3 is 0 Å². The van der Waals surface area contributed by atoms with Crippen molar-refractivity contribution in [3.05, 3.63) is 11.6 Å². The van der Waals surface area contributed by atoms with Crippen LogP contribution in [0.5, 0.6) is 0 Å². The molecular weight excluding hydrogens is 226 g/mol. The fourth-order valence-corrected chi connectivity index (χ4v) is 3.73. The van der Waals surface area contributed by atoms with Gasteiger partial charge in [-0.2, -0.15) is 0 Å². The van der Waals surface area contributed by atoms with E-state index in [2.05, 4.69) is 13.1 Å². The van der Waals surface area contributed by atoms with Crippen molar-refractivity contribution in [2.45, 2.75) is 50.2 Å². The van der Waals surface area contributed by atoms with E-state index in [1.54, 1.807) is 5.57 Å². The fraction of sp³-hybridized carbons (Fsp3) is 0.867. The second-order valence-corrected chi connectivity index (χ2v) is 6.50. The van der Waals surface area contributed by atoms with Crippen molar-refractivity contribution in [1.82, 2.24) is 0 Å². The van der Waals surface area contributed by atoms with Crippen molar-refractivity contribution in [1.29, 1.82) is 0 Å². The quantitative estimate of drug-likeness (QED) is 0.325. The van der Waals surface area contributed by atoms with Crippen LogP contribution in [0.4, 0.5) is 0 Å². The van der Waals surface area contributed by atoms with Crippen molar-refractivity contribution in [3.63, 3.8) is 0 Å². The molecule has 3 heteroatoms. The third-order valence-corrected chi connectivity index (χ3v) is 5.08. The third-order valence-electron chi connectivity index (χ3n) is 5.08. The van der Waals surface area contributed by atoms with E-state index in [1.165, 1.54) is 49.7 Å². The van der Waals surface area contributed by atoms with Gasteiger partial charge < -0.3 is 14.3 Å². The minimum Gasteiger partial charge on any atom is -0.396 e. The van der Waals surface area contributed by atoms with E-state index in [4.69, 9.17) is 9.84 Å². The first-order valence-electron chi connectivity index (χ1n) is 7.52. The summed E-state index contributed by atoms with van der Waals surface area (Å²) in [7, 11) is 2.43. The minimum atomic E-state index is 0.172. The molecule has 102 valence electrons. The summed E-state index contributed by atoms with van der Waals surface area (Å²) >= 11 is 0. The molecule has 0 aromatic rings. The molecule has 0 saturated carbocycles. The Labute approximate surface area is 110 Å². The molecule has 3 nitrogen and oxygen atoms in total. The summed E-state index contributed by atoms with van der Waals surface area (Å²) in [6, 6.07) is 0.741. The number of ether oxygens (including phenoxy) is 1. The van der Waals surface area contributed by atoms with Gasteiger partial charge in [-0.05, 0) is 25.3 Å². The van der Waals surface area contributed by atoms with E-state index >= 15 is 0 Å². The van der Waals surface area contributed by atoms with Gasteiger partial charge in [0.05, 0.1) is 26.7 Å². The average molecular weight is 252 g/mol. The number of epoxide rings is 1. The molecule has 0 aromatic heterocycles. The Bertz CT molecular complexity index is 348. The zero-order valence-electron chi connectivity index (χ0n) is 11.5. The predicted molar refractivity (Wildman–Crippen MR) is 71.3 cm³/mol. The SMILES string of the molecule is C[N+]1(CCCCCCO)CCCC1C1=CC12CO2. The number of nitrogens with zero attached hydrogens (tertiary/aromatic N) is 1. The molecule has 2 heterocycles. The van der Waals surface area contributed by atoms with Gasteiger partial charge in [-0.15, -0.1) is 0 Å². The van der Waals surface area contributed by atoms with Crippen LogP contribution in [-0.4, -0.2) is 54.6 Å². The summed E-state index contributed by atoms with van der Waals surface area (Å²) in [5.74, 6) is 0. The highest BCUT2D eigenvalue weighted by Crippen LogP contribution is 2.54. The van der Waals surface area contributed by atoms with Crippen molar-refractivity contribution >= 4 is 0 Å². The number of hydrogen-bond donors (Lipinski definition) is 1. The van der Waals surface area contributed by atoms with E-state index in [9.17, 15) is 0 Å². The van der Waals surface area contributed by atoms with Crippen molar-refractivity contribution in [2.24, 2.45) is 0 Å².